The molecule has 0 bridgehead atoms. The van der Waals surface area contributed by atoms with E-state index in [0.29, 0.717) is 23.0 Å². The molecule has 0 saturated heterocycles. The molecule has 0 aliphatic heterocycles. The maximum atomic E-state index is 13.7. The Labute approximate surface area is 206 Å². The fraction of sp³-hybridized carbons (Fsp3) is 0.0714. The Bertz CT molecular complexity index is 1400. The van der Waals surface area contributed by atoms with Gasteiger partial charge in [-0.25, -0.2) is 4.98 Å². The molecule has 0 aliphatic carbocycles. The van der Waals surface area contributed by atoms with E-state index in [2.05, 4.69) is 18.4 Å². The summed E-state index contributed by atoms with van der Waals surface area (Å²) in [5.41, 5.74) is 2.53. The molecule has 0 radical (unpaired) electrons. The van der Waals surface area contributed by atoms with Gasteiger partial charge in [0.25, 0.3) is 5.91 Å². The predicted molar refractivity (Wildman–Crippen MR) is 141 cm³/mol. The molecule has 0 saturated carbocycles. The summed E-state index contributed by atoms with van der Waals surface area (Å²) in [6.45, 7) is 0.442. The zero-order valence-corrected chi connectivity index (χ0v) is 20.2. The van der Waals surface area contributed by atoms with Crippen LogP contribution in [0.2, 0.25) is 0 Å². The highest BCUT2D eigenvalue weighted by atomic mass is 32.2. The van der Waals surface area contributed by atoms with Gasteiger partial charge in [0, 0.05) is 10.5 Å². The van der Waals surface area contributed by atoms with Gasteiger partial charge in [0.05, 0.1) is 16.8 Å². The Morgan fingerprint density at radius 3 is 2.26 bits per heavy atom. The second-order valence-electron chi connectivity index (χ2n) is 7.65. The number of thiazole rings is 1. The van der Waals surface area contributed by atoms with Gasteiger partial charge in [-0.05, 0) is 66.4 Å². The number of aromatic nitrogens is 1. The monoisotopic (exact) mass is 482 g/mol. The Kier molecular flexibility index (Phi) is 6.60. The molecule has 4 aromatic carbocycles. The van der Waals surface area contributed by atoms with Crippen molar-refractivity contribution in [1.29, 1.82) is 0 Å². The van der Waals surface area contributed by atoms with Crippen LogP contribution < -0.4 is 9.64 Å². The molecule has 0 N–H and O–H groups in total. The van der Waals surface area contributed by atoms with Crippen LogP contribution in [0.1, 0.15) is 15.9 Å². The van der Waals surface area contributed by atoms with Crippen molar-refractivity contribution in [2.24, 2.45) is 0 Å². The summed E-state index contributed by atoms with van der Waals surface area (Å²) in [4.78, 5) is 21.4. The molecule has 0 aliphatic rings. The second kappa shape index (κ2) is 10.1. The summed E-state index contributed by atoms with van der Waals surface area (Å²) >= 11 is 3.23. The van der Waals surface area contributed by atoms with Crippen LogP contribution in [0, 0.1) is 0 Å². The number of rotatable bonds is 7. The molecule has 0 unspecified atom stereocenters. The molecular weight excluding hydrogens is 460 g/mol. The minimum absolute atomic E-state index is 0.0979. The van der Waals surface area contributed by atoms with Crippen molar-refractivity contribution in [3.05, 3.63) is 114 Å². The Morgan fingerprint density at radius 2 is 1.56 bits per heavy atom. The normalized spacial score (nSPS) is 10.9. The van der Waals surface area contributed by atoms with E-state index in [1.165, 1.54) is 16.2 Å². The Balaban J connectivity index is 1.45. The van der Waals surface area contributed by atoms with Crippen molar-refractivity contribution in [2.75, 3.05) is 11.2 Å². The number of hydrogen-bond donors (Lipinski definition) is 0. The van der Waals surface area contributed by atoms with Crippen molar-refractivity contribution >= 4 is 44.4 Å². The number of benzene rings is 4. The van der Waals surface area contributed by atoms with E-state index >= 15 is 0 Å². The van der Waals surface area contributed by atoms with E-state index in [1.807, 2.05) is 78.9 Å². The summed E-state index contributed by atoms with van der Waals surface area (Å²) < 4.78 is 6.95. The van der Waals surface area contributed by atoms with Gasteiger partial charge >= 0.3 is 0 Å². The highest BCUT2D eigenvalue weighted by Gasteiger charge is 2.22. The average molecular weight is 483 g/mol. The topological polar surface area (TPSA) is 42.4 Å². The van der Waals surface area contributed by atoms with E-state index in [9.17, 15) is 4.79 Å². The number of fused-ring (bicyclic) bond motifs is 1. The lowest BCUT2D eigenvalue weighted by molar-refractivity contribution is 0.0985. The molecule has 0 fully saturated rings. The minimum Gasteiger partial charge on any atom is -0.457 e. The van der Waals surface area contributed by atoms with Crippen molar-refractivity contribution in [1.82, 2.24) is 4.98 Å². The van der Waals surface area contributed by atoms with Crippen LogP contribution in [-0.4, -0.2) is 17.1 Å². The number of thioether (sulfide) groups is 1. The molecule has 6 heteroatoms. The standard InChI is InChI=1S/C28H22N2O2S2/c1-33-24-16-17-25-26(18-24)34-28(29-25)30(19-20-8-4-2-5-9-20)27(31)21-12-14-23(15-13-21)32-22-10-6-3-7-11-22/h2-18H,19H2,1H3. The van der Waals surface area contributed by atoms with Gasteiger partial charge in [0.15, 0.2) is 5.13 Å². The number of nitrogens with zero attached hydrogens (tertiary/aromatic N) is 2. The largest absolute Gasteiger partial charge is 0.457 e. The first-order valence-corrected chi connectivity index (χ1v) is 12.9. The van der Waals surface area contributed by atoms with E-state index in [1.54, 1.807) is 28.8 Å². The van der Waals surface area contributed by atoms with Crippen LogP contribution >= 0.6 is 23.1 Å². The highest BCUT2D eigenvalue weighted by Crippen LogP contribution is 2.33. The van der Waals surface area contributed by atoms with Crippen LogP contribution in [0.4, 0.5) is 5.13 Å². The Morgan fingerprint density at radius 1 is 0.882 bits per heavy atom. The molecule has 168 valence electrons. The van der Waals surface area contributed by atoms with Crippen LogP contribution in [0.5, 0.6) is 11.5 Å². The predicted octanol–water partition coefficient (Wildman–Crippen LogP) is 7.66. The van der Waals surface area contributed by atoms with Crippen LogP contribution in [0.25, 0.3) is 10.2 Å². The fourth-order valence-corrected chi connectivity index (χ4v) is 5.09. The van der Waals surface area contributed by atoms with Crippen molar-refractivity contribution in [3.63, 3.8) is 0 Å². The zero-order chi connectivity index (χ0) is 23.3. The molecule has 4 nitrogen and oxygen atoms in total. The number of amides is 1. The van der Waals surface area contributed by atoms with Gasteiger partial charge in [-0.1, -0.05) is 59.9 Å². The summed E-state index contributed by atoms with van der Waals surface area (Å²) in [5.74, 6) is 1.34. The maximum Gasteiger partial charge on any atom is 0.260 e. The minimum atomic E-state index is -0.0979. The Hall–Kier alpha value is -3.61. The van der Waals surface area contributed by atoms with E-state index in [-0.39, 0.29) is 5.91 Å². The van der Waals surface area contributed by atoms with E-state index in [4.69, 9.17) is 9.72 Å². The number of carbonyl (C=O) groups excluding carboxylic acids is 1. The molecule has 5 rings (SSSR count). The lowest BCUT2D eigenvalue weighted by atomic mass is 10.1. The first kappa shape index (κ1) is 22.2. The summed E-state index contributed by atoms with van der Waals surface area (Å²) in [5, 5.41) is 0.687. The molecular formula is C28H22N2O2S2. The van der Waals surface area contributed by atoms with Gasteiger partial charge in [-0.15, -0.1) is 11.8 Å². The zero-order valence-electron chi connectivity index (χ0n) is 18.5. The van der Waals surface area contributed by atoms with E-state index < -0.39 is 0 Å². The number of anilines is 1. The number of ether oxygens (including phenoxy) is 1. The summed E-state index contributed by atoms with van der Waals surface area (Å²) in [6, 6.07) is 33.0. The van der Waals surface area contributed by atoms with Gasteiger partial charge < -0.3 is 4.74 Å². The molecule has 5 aromatic rings. The van der Waals surface area contributed by atoms with Gasteiger partial charge in [0.1, 0.15) is 11.5 Å². The van der Waals surface area contributed by atoms with Gasteiger partial charge in [-0.3, -0.25) is 9.69 Å². The summed E-state index contributed by atoms with van der Waals surface area (Å²) in [7, 11) is 0. The molecule has 0 atom stereocenters. The van der Waals surface area contributed by atoms with Crippen LogP contribution in [0.15, 0.2) is 108 Å². The molecule has 34 heavy (non-hydrogen) atoms. The first-order chi connectivity index (χ1) is 16.7. The average Bonchev–Trinajstić information content (AvgIpc) is 3.31. The van der Waals surface area contributed by atoms with Crippen molar-refractivity contribution in [2.45, 2.75) is 11.4 Å². The van der Waals surface area contributed by atoms with Crippen molar-refractivity contribution < 1.29 is 9.53 Å². The van der Waals surface area contributed by atoms with Gasteiger partial charge in [-0.2, -0.15) is 0 Å². The third-order valence-electron chi connectivity index (χ3n) is 5.32. The lowest BCUT2D eigenvalue weighted by Crippen LogP contribution is -2.30. The van der Waals surface area contributed by atoms with Crippen LogP contribution in [-0.2, 0) is 6.54 Å². The maximum absolute atomic E-state index is 13.7. The third-order valence-corrected chi connectivity index (χ3v) is 7.09. The smallest absolute Gasteiger partial charge is 0.260 e. The first-order valence-electron chi connectivity index (χ1n) is 10.8. The molecule has 0 spiro atoms. The quantitative estimate of drug-likeness (QED) is 0.223. The third kappa shape index (κ3) is 4.98. The summed E-state index contributed by atoms with van der Waals surface area (Å²) in [6.07, 6.45) is 2.06. The van der Waals surface area contributed by atoms with Crippen molar-refractivity contribution in [3.8, 4) is 11.5 Å². The van der Waals surface area contributed by atoms with Crippen LogP contribution in [0.3, 0.4) is 0 Å². The number of hydrogen-bond acceptors (Lipinski definition) is 5. The lowest BCUT2D eigenvalue weighted by Gasteiger charge is -2.20. The highest BCUT2D eigenvalue weighted by molar-refractivity contribution is 7.98. The molecule has 1 aromatic heterocycles. The SMILES string of the molecule is CSc1ccc2nc(N(Cc3ccccc3)C(=O)c3ccc(Oc4ccccc4)cc3)sc2c1. The fourth-order valence-electron chi connectivity index (χ4n) is 3.57. The second-order valence-corrected chi connectivity index (χ2v) is 9.54. The van der Waals surface area contributed by atoms with Gasteiger partial charge in [0.2, 0.25) is 0 Å². The number of carbonyl (C=O) groups is 1. The van der Waals surface area contributed by atoms with E-state index in [0.717, 1.165) is 21.5 Å². The molecule has 1 heterocycles. The molecule has 1 amide bonds. The number of para-hydroxylation sites is 1.